The normalized spacial score (nSPS) is 14.4. The van der Waals surface area contributed by atoms with Gasteiger partial charge in [0.1, 0.15) is 5.76 Å². The van der Waals surface area contributed by atoms with Gasteiger partial charge in [-0.05, 0) is 82.8 Å². The van der Waals surface area contributed by atoms with Crippen molar-refractivity contribution in [3.63, 3.8) is 0 Å². The van der Waals surface area contributed by atoms with Gasteiger partial charge in [0.2, 0.25) is 11.7 Å². The molecule has 1 aliphatic rings. The molecular formula is C26H22F3NO5. The van der Waals surface area contributed by atoms with Crippen LogP contribution < -0.4 is 10.1 Å². The topological polar surface area (TPSA) is 91.9 Å². The minimum Gasteiger partial charge on any atom is -0.504 e. The van der Waals surface area contributed by atoms with Crippen LogP contribution in [0.4, 0.5) is 13.2 Å². The molecule has 3 aromatic rings. The summed E-state index contributed by atoms with van der Waals surface area (Å²) in [5.41, 5.74) is 2.16. The summed E-state index contributed by atoms with van der Waals surface area (Å²) in [5, 5.41) is 22.6. The molecule has 35 heavy (non-hydrogen) atoms. The molecule has 0 saturated heterocycles. The van der Waals surface area contributed by atoms with Crippen LogP contribution in [0.2, 0.25) is 0 Å². The maximum absolute atomic E-state index is 13.4. The molecular weight excluding hydrogens is 463 g/mol. The van der Waals surface area contributed by atoms with E-state index in [9.17, 15) is 28.2 Å². The van der Waals surface area contributed by atoms with Gasteiger partial charge >= 0.3 is 6.18 Å². The van der Waals surface area contributed by atoms with Crippen molar-refractivity contribution >= 4 is 23.1 Å². The quantitative estimate of drug-likeness (QED) is 0.387. The molecule has 1 heterocycles. The van der Waals surface area contributed by atoms with Crippen LogP contribution >= 0.6 is 0 Å². The zero-order valence-corrected chi connectivity index (χ0v) is 18.9. The van der Waals surface area contributed by atoms with Crippen molar-refractivity contribution < 1.29 is 37.3 Å². The van der Waals surface area contributed by atoms with E-state index in [1.54, 1.807) is 25.1 Å². The number of halogens is 3. The molecule has 0 fully saturated rings. The smallest absolute Gasteiger partial charge is 0.416 e. The SMILES string of the molecule is COc1cc(/C=C2/C(C)=C(CC(=O)NCc3ccco3)c3cc(C(F)(F)F)ccc32)cc(O)c1O. The molecule has 0 unspecified atom stereocenters. The van der Waals surface area contributed by atoms with Gasteiger partial charge in [-0.1, -0.05) is 6.07 Å². The number of benzene rings is 2. The van der Waals surface area contributed by atoms with Crippen LogP contribution in [0.15, 0.2) is 58.7 Å². The number of allylic oxidation sites excluding steroid dienone is 2. The minimum absolute atomic E-state index is 0.0432. The molecule has 1 amide bonds. The van der Waals surface area contributed by atoms with E-state index in [2.05, 4.69) is 5.32 Å². The van der Waals surface area contributed by atoms with Crippen LogP contribution in [0.25, 0.3) is 17.2 Å². The summed E-state index contributed by atoms with van der Waals surface area (Å²) in [6.07, 6.45) is -1.54. The van der Waals surface area contributed by atoms with E-state index >= 15 is 0 Å². The number of fused-ring (bicyclic) bond motifs is 1. The molecule has 0 aliphatic heterocycles. The highest BCUT2D eigenvalue weighted by atomic mass is 19.4. The molecule has 4 rings (SSSR count). The highest BCUT2D eigenvalue weighted by Crippen LogP contribution is 2.46. The fourth-order valence-electron chi connectivity index (χ4n) is 4.03. The van der Waals surface area contributed by atoms with E-state index in [0.717, 1.165) is 12.1 Å². The first-order chi connectivity index (χ1) is 16.6. The van der Waals surface area contributed by atoms with Gasteiger partial charge < -0.3 is 24.7 Å². The number of methoxy groups -OCH3 is 1. The van der Waals surface area contributed by atoms with E-state index in [-0.39, 0.29) is 24.6 Å². The zero-order valence-electron chi connectivity index (χ0n) is 18.9. The molecule has 3 N–H and O–H groups in total. The number of carbonyl (C=O) groups excluding carboxylic acids is 1. The number of phenolic OH excluding ortho intramolecular Hbond substituents is 2. The standard InChI is InChI=1S/C26H22F3NO5/c1-14-19(8-15-9-22(31)25(33)23(10-15)34-2)18-6-5-16(26(27,28)29)11-21(18)20(14)12-24(32)30-13-17-4-3-7-35-17/h3-11,31,33H,12-13H2,1-2H3,(H,30,32)/b19-8-. The number of alkyl halides is 3. The fraction of sp³-hybridized carbons (Fsp3) is 0.192. The third kappa shape index (κ3) is 4.89. The second kappa shape index (κ2) is 9.25. The first-order valence-electron chi connectivity index (χ1n) is 10.6. The maximum atomic E-state index is 13.4. The lowest BCUT2D eigenvalue weighted by Gasteiger charge is -2.11. The van der Waals surface area contributed by atoms with Crippen LogP contribution in [0, 0.1) is 0 Å². The first-order valence-corrected chi connectivity index (χ1v) is 10.6. The Hall–Kier alpha value is -4.14. The lowest BCUT2D eigenvalue weighted by Crippen LogP contribution is -2.22. The zero-order chi connectivity index (χ0) is 25.3. The van der Waals surface area contributed by atoms with Crippen molar-refractivity contribution in [1.82, 2.24) is 5.32 Å². The number of aromatic hydroxyl groups is 2. The first kappa shape index (κ1) is 24.0. The number of hydrogen-bond acceptors (Lipinski definition) is 5. The summed E-state index contributed by atoms with van der Waals surface area (Å²) >= 11 is 0. The molecule has 1 aromatic heterocycles. The van der Waals surface area contributed by atoms with E-state index in [1.807, 2.05) is 0 Å². The Morgan fingerprint density at radius 2 is 1.91 bits per heavy atom. The summed E-state index contributed by atoms with van der Waals surface area (Å²) in [4.78, 5) is 12.7. The molecule has 2 aromatic carbocycles. The summed E-state index contributed by atoms with van der Waals surface area (Å²) in [6.45, 7) is 1.88. The average Bonchev–Trinajstić information content (AvgIpc) is 3.42. The Morgan fingerprint density at radius 3 is 2.57 bits per heavy atom. The van der Waals surface area contributed by atoms with Gasteiger partial charge in [-0.3, -0.25) is 4.79 Å². The summed E-state index contributed by atoms with van der Waals surface area (Å²) in [5.74, 6) is -0.596. The Morgan fingerprint density at radius 1 is 1.14 bits per heavy atom. The molecule has 182 valence electrons. The van der Waals surface area contributed by atoms with Crippen molar-refractivity contribution in [2.75, 3.05) is 7.11 Å². The van der Waals surface area contributed by atoms with E-state index in [0.29, 0.717) is 39.2 Å². The Balaban J connectivity index is 1.75. The van der Waals surface area contributed by atoms with Crippen molar-refractivity contribution in [1.29, 1.82) is 0 Å². The molecule has 6 nitrogen and oxygen atoms in total. The molecule has 1 aliphatic carbocycles. The van der Waals surface area contributed by atoms with Crippen molar-refractivity contribution in [2.45, 2.75) is 26.1 Å². The monoisotopic (exact) mass is 485 g/mol. The number of furan rings is 1. The van der Waals surface area contributed by atoms with Crippen LogP contribution in [-0.2, 0) is 17.5 Å². The number of phenols is 2. The third-order valence-electron chi connectivity index (χ3n) is 5.80. The van der Waals surface area contributed by atoms with Gasteiger partial charge in [0.05, 0.1) is 31.9 Å². The van der Waals surface area contributed by atoms with Gasteiger partial charge in [0.25, 0.3) is 0 Å². The fourth-order valence-corrected chi connectivity index (χ4v) is 4.03. The second-order valence-electron chi connectivity index (χ2n) is 8.04. The Kier molecular flexibility index (Phi) is 6.34. The van der Waals surface area contributed by atoms with Crippen LogP contribution in [0.3, 0.4) is 0 Å². The molecule has 0 spiro atoms. The summed E-state index contributed by atoms with van der Waals surface area (Å²) < 4.78 is 50.6. The van der Waals surface area contributed by atoms with Gasteiger partial charge in [-0.15, -0.1) is 0 Å². The van der Waals surface area contributed by atoms with Crippen molar-refractivity contribution in [3.05, 3.63) is 82.3 Å². The average molecular weight is 485 g/mol. The predicted molar refractivity (Wildman–Crippen MR) is 123 cm³/mol. The second-order valence-corrected chi connectivity index (χ2v) is 8.04. The van der Waals surface area contributed by atoms with Gasteiger partial charge in [-0.25, -0.2) is 0 Å². The van der Waals surface area contributed by atoms with Crippen LogP contribution in [0.5, 0.6) is 17.2 Å². The number of carbonyl (C=O) groups is 1. The number of rotatable bonds is 6. The molecule has 0 radical (unpaired) electrons. The highest BCUT2D eigenvalue weighted by molar-refractivity contribution is 6.08. The van der Waals surface area contributed by atoms with E-state index in [1.165, 1.54) is 31.6 Å². The van der Waals surface area contributed by atoms with E-state index in [4.69, 9.17) is 9.15 Å². The molecule has 0 saturated carbocycles. The lowest BCUT2D eigenvalue weighted by molar-refractivity contribution is -0.137. The van der Waals surface area contributed by atoms with Crippen molar-refractivity contribution in [2.24, 2.45) is 0 Å². The third-order valence-corrected chi connectivity index (χ3v) is 5.80. The maximum Gasteiger partial charge on any atom is 0.416 e. The highest BCUT2D eigenvalue weighted by Gasteiger charge is 2.34. The van der Waals surface area contributed by atoms with Crippen molar-refractivity contribution in [3.8, 4) is 17.2 Å². The number of ether oxygens (including phenoxy) is 1. The molecule has 0 bridgehead atoms. The molecule has 0 atom stereocenters. The van der Waals surface area contributed by atoms with Crippen LogP contribution in [0.1, 0.15) is 41.4 Å². The molecule has 9 heteroatoms. The summed E-state index contributed by atoms with van der Waals surface area (Å²) in [6, 6.07) is 9.61. The largest absolute Gasteiger partial charge is 0.504 e. The van der Waals surface area contributed by atoms with Gasteiger partial charge in [0.15, 0.2) is 11.5 Å². The summed E-state index contributed by atoms with van der Waals surface area (Å²) in [7, 11) is 1.33. The predicted octanol–water partition coefficient (Wildman–Crippen LogP) is 5.75. The van der Waals surface area contributed by atoms with E-state index < -0.39 is 23.2 Å². The number of amides is 1. The minimum atomic E-state index is -4.54. The Bertz CT molecular complexity index is 1340. The van der Waals surface area contributed by atoms with Gasteiger partial charge in [-0.2, -0.15) is 13.2 Å². The number of nitrogens with one attached hydrogen (secondary N) is 1. The lowest BCUT2D eigenvalue weighted by atomic mass is 9.98. The number of hydrogen-bond donors (Lipinski definition) is 3. The van der Waals surface area contributed by atoms with Crippen LogP contribution in [-0.4, -0.2) is 23.2 Å². The Labute approximate surface area is 199 Å². The van der Waals surface area contributed by atoms with Gasteiger partial charge in [0, 0.05) is 0 Å².